The summed E-state index contributed by atoms with van der Waals surface area (Å²) in [6, 6.07) is 5.60. The fourth-order valence-corrected chi connectivity index (χ4v) is 6.87. The normalized spacial score (nSPS) is 21.9. The zero-order valence-electron chi connectivity index (χ0n) is 18.7. The number of hydrogen-bond donors (Lipinski definition) is 3. The van der Waals surface area contributed by atoms with Gasteiger partial charge in [-0.05, 0) is 68.3 Å². The molecule has 3 aromatic rings. The minimum Gasteiger partial charge on any atom is -0.497 e. The number of pyridine rings is 1. The minimum atomic E-state index is -0.751. The molecule has 0 aliphatic carbocycles. The number of methoxy groups -OCH3 is 1. The monoisotopic (exact) mass is 507 g/mol. The van der Waals surface area contributed by atoms with Crippen molar-refractivity contribution in [2.75, 3.05) is 32.6 Å². The molecule has 1 unspecified atom stereocenters. The predicted molar refractivity (Wildman–Crippen MR) is 135 cm³/mol. The van der Waals surface area contributed by atoms with Crippen molar-refractivity contribution in [3.63, 3.8) is 0 Å². The van der Waals surface area contributed by atoms with E-state index in [-0.39, 0.29) is 12.0 Å². The Balaban J connectivity index is 1.49. The second kappa shape index (κ2) is 11.3. The second-order valence-corrected chi connectivity index (χ2v) is 11.2. The van der Waals surface area contributed by atoms with Crippen molar-refractivity contribution in [3.8, 4) is 5.75 Å². The van der Waals surface area contributed by atoms with Gasteiger partial charge in [0.25, 0.3) is 0 Å². The molecule has 0 spiro atoms. The first-order valence-electron chi connectivity index (χ1n) is 11.2. The third-order valence-corrected chi connectivity index (χ3v) is 9.09. The highest BCUT2D eigenvalue weighted by Crippen LogP contribution is 2.44. The van der Waals surface area contributed by atoms with Crippen molar-refractivity contribution in [2.45, 2.75) is 36.1 Å². The summed E-state index contributed by atoms with van der Waals surface area (Å²) in [5.74, 6) is 1.99. The second-order valence-electron chi connectivity index (χ2n) is 8.56. The van der Waals surface area contributed by atoms with E-state index in [2.05, 4.69) is 15.3 Å². The number of aliphatic hydroxyl groups is 2. The van der Waals surface area contributed by atoms with Crippen LogP contribution in [0, 0.1) is 11.3 Å². The van der Waals surface area contributed by atoms with Gasteiger partial charge >= 0.3 is 0 Å². The number of thioether (sulfide) groups is 1. The molecule has 0 saturated carbocycles. The zero-order chi connectivity index (χ0) is 23.3. The van der Waals surface area contributed by atoms with Gasteiger partial charge in [0.2, 0.25) is 0 Å². The molecule has 6 nitrogen and oxygen atoms in total. The Kier molecular flexibility index (Phi) is 8.48. The summed E-state index contributed by atoms with van der Waals surface area (Å²) in [5.41, 5.74) is 1.23. The van der Waals surface area contributed by atoms with Gasteiger partial charge in [-0.25, -0.2) is 4.98 Å². The van der Waals surface area contributed by atoms with E-state index >= 15 is 0 Å². The van der Waals surface area contributed by atoms with Crippen molar-refractivity contribution in [3.05, 3.63) is 46.6 Å². The Morgan fingerprint density at radius 2 is 2.27 bits per heavy atom. The third kappa shape index (κ3) is 5.63. The summed E-state index contributed by atoms with van der Waals surface area (Å²) in [6.45, 7) is 1.88. The fourth-order valence-electron chi connectivity index (χ4n) is 4.83. The number of nitrogens with one attached hydrogen (secondary N) is 1. The van der Waals surface area contributed by atoms with Gasteiger partial charge in [0.15, 0.2) is 0 Å². The molecule has 0 bridgehead atoms. The maximum Gasteiger partial charge on any atom is 0.149 e. The van der Waals surface area contributed by atoms with E-state index in [4.69, 9.17) is 16.3 Å². The van der Waals surface area contributed by atoms with Gasteiger partial charge in [0, 0.05) is 41.1 Å². The van der Waals surface area contributed by atoms with Gasteiger partial charge in [-0.3, -0.25) is 4.98 Å². The van der Waals surface area contributed by atoms with Gasteiger partial charge in [0.1, 0.15) is 10.1 Å². The number of piperidine rings is 1. The number of rotatable bonds is 10. The first-order valence-corrected chi connectivity index (χ1v) is 13.4. The molecule has 3 heterocycles. The Morgan fingerprint density at radius 1 is 1.39 bits per heavy atom. The van der Waals surface area contributed by atoms with E-state index in [1.807, 2.05) is 29.8 Å². The van der Waals surface area contributed by atoms with E-state index in [1.54, 1.807) is 36.4 Å². The SMILES string of the molecule is COc1ccc2ncc(Cl)c([C@H](O)CC[C@]3(CO)CCNCC3CCSc3nccs3)c2c1. The average Bonchev–Trinajstić information content (AvgIpc) is 3.36. The zero-order valence-corrected chi connectivity index (χ0v) is 21.1. The van der Waals surface area contributed by atoms with Crippen molar-refractivity contribution < 1.29 is 14.9 Å². The van der Waals surface area contributed by atoms with Crippen LogP contribution in [0.4, 0.5) is 0 Å². The van der Waals surface area contributed by atoms with E-state index in [9.17, 15) is 10.2 Å². The Bertz CT molecular complexity index is 1050. The fraction of sp³-hybridized carbons (Fsp3) is 0.500. The Labute approximate surface area is 207 Å². The highest BCUT2D eigenvalue weighted by molar-refractivity contribution is 8.00. The molecule has 0 amide bonds. The topological polar surface area (TPSA) is 87.5 Å². The molecule has 1 aliphatic rings. The van der Waals surface area contributed by atoms with Crippen molar-refractivity contribution in [2.24, 2.45) is 11.3 Å². The molecular weight excluding hydrogens is 478 g/mol. The lowest BCUT2D eigenvalue weighted by atomic mass is 9.67. The number of aliphatic hydroxyl groups excluding tert-OH is 2. The van der Waals surface area contributed by atoms with E-state index in [0.29, 0.717) is 28.7 Å². The third-order valence-electron chi connectivity index (χ3n) is 6.79. The number of aromatic nitrogens is 2. The molecule has 1 saturated heterocycles. The average molecular weight is 508 g/mol. The van der Waals surface area contributed by atoms with Crippen LogP contribution in [0.15, 0.2) is 40.3 Å². The standard InChI is InChI=1S/C24H30ClN3O3S2/c1-31-17-2-3-20-18(12-17)22(19(25)14-28-20)21(30)4-6-24(15-29)7-8-26-13-16(24)5-10-32-23-27-9-11-33-23/h2-3,9,11-12,14,16,21,26,29-30H,4-8,10,13,15H2,1H3/t16?,21-,24-/m1/s1. The van der Waals surface area contributed by atoms with Crippen LogP contribution in [0.1, 0.15) is 37.4 Å². The lowest BCUT2D eigenvalue weighted by Crippen LogP contribution is -2.47. The molecule has 1 fully saturated rings. The quantitative estimate of drug-likeness (QED) is 0.335. The summed E-state index contributed by atoms with van der Waals surface area (Å²) in [5, 5.41) is 28.5. The number of thiazole rings is 1. The number of benzene rings is 1. The van der Waals surface area contributed by atoms with Crippen LogP contribution >= 0.6 is 34.7 Å². The number of hydrogen-bond acceptors (Lipinski definition) is 8. The van der Waals surface area contributed by atoms with Crippen LogP contribution in [0.5, 0.6) is 5.75 Å². The lowest BCUT2D eigenvalue weighted by Gasteiger charge is -2.44. The van der Waals surface area contributed by atoms with Gasteiger partial charge in [-0.2, -0.15) is 0 Å². The molecule has 3 atom stereocenters. The van der Waals surface area contributed by atoms with Gasteiger partial charge in [0.05, 0.1) is 23.8 Å². The highest BCUT2D eigenvalue weighted by atomic mass is 35.5. The van der Waals surface area contributed by atoms with Crippen LogP contribution in [0.25, 0.3) is 10.9 Å². The molecule has 1 aromatic carbocycles. The van der Waals surface area contributed by atoms with Crippen molar-refractivity contribution in [1.29, 1.82) is 0 Å². The highest BCUT2D eigenvalue weighted by Gasteiger charge is 2.40. The summed E-state index contributed by atoms with van der Waals surface area (Å²) >= 11 is 9.93. The summed E-state index contributed by atoms with van der Waals surface area (Å²) < 4.78 is 6.45. The van der Waals surface area contributed by atoms with Crippen LogP contribution in [-0.4, -0.2) is 52.7 Å². The van der Waals surface area contributed by atoms with E-state index < -0.39 is 6.10 Å². The van der Waals surface area contributed by atoms with E-state index in [1.165, 1.54) is 0 Å². The van der Waals surface area contributed by atoms with Crippen molar-refractivity contribution in [1.82, 2.24) is 15.3 Å². The largest absolute Gasteiger partial charge is 0.497 e. The van der Waals surface area contributed by atoms with E-state index in [0.717, 1.165) is 53.3 Å². The maximum absolute atomic E-state index is 11.2. The molecule has 178 valence electrons. The summed E-state index contributed by atoms with van der Waals surface area (Å²) in [6.07, 6.45) is 5.80. The molecule has 33 heavy (non-hydrogen) atoms. The lowest BCUT2D eigenvalue weighted by molar-refractivity contribution is 0.00895. The smallest absolute Gasteiger partial charge is 0.149 e. The van der Waals surface area contributed by atoms with Gasteiger partial charge in [-0.1, -0.05) is 23.4 Å². The first kappa shape index (κ1) is 24.7. The molecular formula is C24H30ClN3O3S2. The molecule has 4 rings (SSSR count). The molecule has 1 aliphatic heterocycles. The van der Waals surface area contributed by atoms with Gasteiger partial charge < -0.3 is 20.3 Å². The van der Waals surface area contributed by atoms with Crippen LogP contribution in [0.2, 0.25) is 5.02 Å². The molecule has 0 radical (unpaired) electrons. The van der Waals surface area contributed by atoms with Crippen molar-refractivity contribution >= 4 is 45.6 Å². The first-order chi connectivity index (χ1) is 16.1. The minimum absolute atomic E-state index is 0.118. The summed E-state index contributed by atoms with van der Waals surface area (Å²) in [4.78, 5) is 8.74. The molecule has 3 N–H and O–H groups in total. The Morgan fingerprint density at radius 3 is 3.03 bits per heavy atom. The number of nitrogens with zero attached hydrogens (tertiary/aromatic N) is 2. The van der Waals surface area contributed by atoms with Gasteiger partial charge in [-0.15, -0.1) is 11.3 Å². The number of ether oxygens (including phenoxy) is 1. The summed E-state index contributed by atoms with van der Waals surface area (Å²) in [7, 11) is 1.62. The predicted octanol–water partition coefficient (Wildman–Crippen LogP) is 4.94. The van der Waals surface area contributed by atoms with Crippen LogP contribution in [-0.2, 0) is 0 Å². The van der Waals surface area contributed by atoms with Crippen LogP contribution in [0.3, 0.4) is 0 Å². The number of halogens is 1. The van der Waals surface area contributed by atoms with Crippen LogP contribution < -0.4 is 10.1 Å². The molecule has 9 heteroatoms. The maximum atomic E-state index is 11.2. The Hall–Kier alpha value is -1.42. The molecule has 2 aromatic heterocycles. The number of fused-ring (bicyclic) bond motifs is 1.